The van der Waals surface area contributed by atoms with Crippen LogP contribution in [0.15, 0.2) is 0 Å². The zero-order chi connectivity index (χ0) is 13.1. The van der Waals surface area contributed by atoms with Crippen molar-refractivity contribution in [3.63, 3.8) is 0 Å². The molecule has 0 aliphatic carbocycles. The molecule has 1 atom stereocenters. The summed E-state index contributed by atoms with van der Waals surface area (Å²) in [7, 11) is 1.66. The average Bonchev–Trinajstić information content (AvgIpc) is 2.30. The molecular weight excluding hydrogens is 224 g/mol. The number of hydrogen-bond donors (Lipinski definition) is 3. The Hall–Kier alpha value is -1.30. The first-order valence-corrected chi connectivity index (χ1v) is 5.81. The minimum Gasteiger partial charge on any atom is -0.481 e. The first-order chi connectivity index (χ1) is 8.07. The normalized spacial score (nSPS) is 11.9. The van der Waals surface area contributed by atoms with E-state index in [1.54, 1.807) is 14.0 Å². The first-order valence-electron chi connectivity index (χ1n) is 5.81. The molecule has 0 rings (SSSR count). The van der Waals surface area contributed by atoms with Crippen molar-refractivity contribution in [1.29, 1.82) is 0 Å². The number of ether oxygens (including phenoxy) is 1. The van der Waals surface area contributed by atoms with E-state index in [9.17, 15) is 9.59 Å². The molecule has 2 amide bonds. The van der Waals surface area contributed by atoms with Crippen molar-refractivity contribution in [2.45, 2.75) is 26.2 Å². The van der Waals surface area contributed by atoms with Crippen LogP contribution in [0, 0.1) is 5.92 Å². The Labute approximate surface area is 102 Å². The standard InChI is InChI=1S/C11H22N2O4/c1-9(10(14)15)8-13-11(16)12-6-4-3-5-7-17-2/h9H,3-8H2,1-2H3,(H,14,15)(H2,12,13,16). The summed E-state index contributed by atoms with van der Waals surface area (Å²) in [5.41, 5.74) is 0. The van der Waals surface area contributed by atoms with Crippen LogP contribution in [-0.4, -0.2) is 43.9 Å². The van der Waals surface area contributed by atoms with Gasteiger partial charge in [-0.1, -0.05) is 6.92 Å². The molecule has 0 fully saturated rings. The van der Waals surface area contributed by atoms with E-state index in [2.05, 4.69) is 10.6 Å². The van der Waals surface area contributed by atoms with E-state index in [1.165, 1.54) is 0 Å². The lowest BCUT2D eigenvalue weighted by atomic mass is 10.2. The molecule has 0 radical (unpaired) electrons. The minimum absolute atomic E-state index is 0.144. The van der Waals surface area contributed by atoms with Crippen molar-refractivity contribution in [2.24, 2.45) is 5.92 Å². The van der Waals surface area contributed by atoms with Crippen molar-refractivity contribution in [1.82, 2.24) is 10.6 Å². The lowest BCUT2D eigenvalue weighted by molar-refractivity contribution is -0.140. The van der Waals surface area contributed by atoms with Crippen molar-refractivity contribution in [3.05, 3.63) is 0 Å². The minimum atomic E-state index is -0.912. The van der Waals surface area contributed by atoms with Crippen LogP contribution in [0.2, 0.25) is 0 Å². The molecule has 6 nitrogen and oxygen atoms in total. The summed E-state index contributed by atoms with van der Waals surface area (Å²) in [4.78, 5) is 21.7. The molecule has 0 aliphatic rings. The lowest BCUT2D eigenvalue weighted by Crippen LogP contribution is -2.39. The van der Waals surface area contributed by atoms with E-state index in [1.807, 2.05) is 0 Å². The van der Waals surface area contributed by atoms with Crippen molar-refractivity contribution >= 4 is 12.0 Å². The Morgan fingerprint density at radius 3 is 2.53 bits per heavy atom. The number of nitrogens with one attached hydrogen (secondary N) is 2. The van der Waals surface area contributed by atoms with Gasteiger partial charge in [0.1, 0.15) is 0 Å². The van der Waals surface area contributed by atoms with Gasteiger partial charge in [0.2, 0.25) is 0 Å². The van der Waals surface area contributed by atoms with Gasteiger partial charge in [-0.05, 0) is 19.3 Å². The second kappa shape index (κ2) is 9.89. The lowest BCUT2D eigenvalue weighted by Gasteiger charge is -2.09. The molecule has 0 bridgehead atoms. The van der Waals surface area contributed by atoms with Gasteiger partial charge in [-0.25, -0.2) is 4.79 Å². The van der Waals surface area contributed by atoms with E-state index in [0.29, 0.717) is 6.54 Å². The van der Waals surface area contributed by atoms with Crippen LogP contribution in [0.1, 0.15) is 26.2 Å². The smallest absolute Gasteiger partial charge is 0.314 e. The van der Waals surface area contributed by atoms with E-state index in [4.69, 9.17) is 9.84 Å². The Kier molecular flexibility index (Phi) is 9.14. The molecule has 0 heterocycles. The Balaban J connectivity index is 3.38. The molecule has 0 aliphatic heterocycles. The van der Waals surface area contributed by atoms with E-state index in [-0.39, 0.29) is 12.6 Å². The van der Waals surface area contributed by atoms with Crippen LogP contribution in [0.5, 0.6) is 0 Å². The van der Waals surface area contributed by atoms with Crippen molar-refractivity contribution in [3.8, 4) is 0 Å². The summed E-state index contributed by atoms with van der Waals surface area (Å²) in [5, 5.41) is 13.8. The highest BCUT2D eigenvalue weighted by molar-refractivity contribution is 5.75. The molecule has 3 N–H and O–H groups in total. The molecule has 1 unspecified atom stereocenters. The van der Waals surface area contributed by atoms with Gasteiger partial charge < -0.3 is 20.5 Å². The average molecular weight is 246 g/mol. The highest BCUT2D eigenvalue weighted by Gasteiger charge is 2.11. The summed E-state index contributed by atoms with van der Waals surface area (Å²) < 4.78 is 4.90. The molecule has 6 heteroatoms. The number of hydrogen-bond acceptors (Lipinski definition) is 3. The van der Waals surface area contributed by atoms with Crippen LogP contribution < -0.4 is 10.6 Å². The monoisotopic (exact) mass is 246 g/mol. The number of methoxy groups -OCH3 is 1. The van der Waals surface area contributed by atoms with Gasteiger partial charge in [0.25, 0.3) is 0 Å². The number of unbranched alkanes of at least 4 members (excludes halogenated alkanes) is 2. The van der Waals surface area contributed by atoms with Gasteiger partial charge in [0, 0.05) is 26.8 Å². The third kappa shape index (κ3) is 9.62. The van der Waals surface area contributed by atoms with Crippen molar-refractivity contribution < 1.29 is 19.4 Å². The fraction of sp³-hybridized carbons (Fsp3) is 0.818. The van der Waals surface area contributed by atoms with Gasteiger partial charge in [-0.3, -0.25) is 4.79 Å². The summed E-state index contributed by atoms with van der Waals surface area (Å²) >= 11 is 0. The zero-order valence-corrected chi connectivity index (χ0v) is 10.5. The maximum Gasteiger partial charge on any atom is 0.314 e. The fourth-order valence-corrected chi connectivity index (χ4v) is 1.15. The molecule has 0 aromatic carbocycles. The maximum absolute atomic E-state index is 11.2. The number of carbonyl (C=O) groups excluding carboxylic acids is 1. The van der Waals surface area contributed by atoms with Crippen LogP contribution in [-0.2, 0) is 9.53 Å². The van der Waals surface area contributed by atoms with Crippen LogP contribution in [0.3, 0.4) is 0 Å². The molecule has 0 aromatic heterocycles. The summed E-state index contributed by atoms with van der Waals surface area (Å²) in [6.07, 6.45) is 2.88. The topological polar surface area (TPSA) is 87.7 Å². The highest BCUT2D eigenvalue weighted by Crippen LogP contribution is 1.94. The first kappa shape index (κ1) is 15.7. The van der Waals surface area contributed by atoms with Crippen LogP contribution >= 0.6 is 0 Å². The molecule has 0 aromatic rings. The number of carboxylic acids is 1. The summed E-state index contributed by atoms with van der Waals surface area (Å²) in [6, 6.07) is -0.315. The second-order valence-electron chi connectivity index (χ2n) is 3.93. The molecule has 0 saturated carbocycles. The largest absolute Gasteiger partial charge is 0.481 e. The van der Waals surface area contributed by atoms with Crippen LogP contribution in [0.4, 0.5) is 4.79 Å². The Morgan fingerprint density at radius 2 is 1.94 bits per heavy atom. The molecule has 0 saturated heterocycles. The SMILES string of the molecule is COCCCCCNC(=O)NCC(C)C(=O)O. The molecular formula is C11H22N2O4. The predicted molar refractivity (Wildman–Crippen MR) is 63.9 cm³/mol. The quantitative estimate of drug-likeness (QED) is 0.526. The van der Waals surface area contributed by atoms with Gasteiger partial charge in [-0.15, -0.1) is 0 Å². The highest BCUT2D eigenvalue weighted by atomic mass is 16.5. The zero-order valence-electron chi connectivity index (χ0n) is 10.5. The van der Waals surface area contributed by atoms with Gasteiger partial charge in [-0.2, -0.15) is 0 Å². The van der Waals surface area contributed by atoms with Crippen LogP contribution in [0.25, 0.3) is 0 Å². The second-order valence-corrected chi connectivity index (χ2v) is 3.93. The van der Waals surface area contributed by atoms with Gasteiger partial charge in [0.15, 0.2) is 0 Å². The van der Waals surface area contributed by atoms with E-state index < -0.39 is 11.9 Å². The summed E-state index contributed by atoms with van der Waals surface area (Å²) in [6.45, 7) is 3.03. The summed E-state index contributed by atoms with van der Waals surface area (Å²) in [5.74, 6) is -1.48. The number of urea groups is 1. The number of carboxylic acid groups (broad SMARTS) is 1. The number of amides is 2. The van der Waals surface area contributed by atoms with E-state index in [0.717, 1.165) is 25.9 Å². The molecule has 17 heavy (non-hydrogen) atoms. The van der Waals surface area contributed by atoms with E-state index >= 15 is 0 Å². The maximum atomic E-state index is 11.2. The fourth-order valence-electron chi connectivity index (χ4n) is 1.15. The third-order valence-corrected chi connectivity index (χ3v) is 2.30. The van der Waals surface area contributed by atoms with Crippen molar-refractivity contribution in [2.75, 3.05) is 26.8 Å². The Bertz CT molecular complexity index is 234. The molecule has 100 valence electrons. The third-order valence-electron chi connectivity index (χ3n) is 2.30. The molecule has 0 spiro atoms. The van der Waals surface area contributed by atoms with Gasteiger partial charge >= 0.3 is 12.0 Å². The number of aliphatic carboxylic acids is 1. The van der Waals surface area contributed by atoms with Gasteiger partial charge in [0.05, 0.1) is 5.92 Å². The predicted octanol–water partition coefficient (Wildman–Crippen LogP) is 0.823. The number of rotatable bonds is 9. The number of carbonyl (C=O) groups is 2. The Morgan fingerprint density at radius 1 is 1.24 bits per heavy atom.